The van der Waals surface area contributed by atoms with E-state index in [1.54, 1.807) is 12.3 Å². The van der Waals surface area contributed by atoms with Gasteiger partial charge in [0.15, 0.2) is 0 Å². The van der Waals surface area contributed by atoms with Crippen LogP contribution in [0.4, 0.5) is 0 Å². The maximum absolute atomic E-state index is 11.7. The molecule has 0 spiro atoms. The minimum atomic E-state index is -1.26. The Labute approximate surface area is 113 Å². The Morgan fingerprint density at radius 3 is 2.56 bits per heavy atom. The topological polar surface area (TPSA) is 35.4 Å². The van der Waals surface area contributed by atoms with Gasteiger partial charge in [-0.05, 0) is 32.9 Å². The molecule has 0 aliphatic heterocycles. The maximum atomic E-state index is 11.7. The van der Waals surface area contributed by atoms with Crippen molar-refractivity contribution in [3.8, 4) is 0 Å². The number of hydrogen-bond acceptors (Lipinski definition) is 2. The molecular weight excluding hydrogens is 310 g/mol. The highest BCUT2D eigenvalue weighted by atomic mass is 79.9. The van der Waals surface area contributed by atoms with E-state index >= 15 is 0 Å². The minimum absolute atomic E-state index is 0.357. The number of benzene rings is 1. The fourth-order valence-corrected chi connectivity index (χ4v) is 2.22. The number of halogens is 2. The first-order valence-electron chi connectivity index (χ1n) is 4.72. The van der Waals surface area contributed by atoms with Crippen molar-refractivity contribution < 1.29 is 4.55 Å². The average molecular weight is 323 g/mol. The van der Waals surface area contributed by atoms with Gasteiger partial charge in [0.2, 0.25) is 0 Å². The second-order valence-electron chi connectivity index (χ2n) is 4.23. The summed E-state index contributed by atoms with van der Waals surface area (Å²) in [6.07, 6.45) is 1.55. The standard InChI is InChI=1S/C11H13BrClNOS/c1-11(2,3)16(15)14-7-8-9(12)5-4-6-10(8)13/h4-7H,1-3H3/b14-7+. The third kappa shape index (κ3) is 3.77. The second-order valence-corrected chi connectivity index (χ2v) is 7.43. The van der Waals surface area contributed by atoms with E-state index in [2.05, 4.69) is 20.3 Å². The van der Waals surface area contributed by atoms with Crippen LogP contribution in [0, 0.1) is 0 Å². The van der Waals surface area contributed by atoms with E-state index in [0.717, 1.165) is 10.0 Å². The van der Waals surface area contributed by atoms with E-state index in [9.17, 15) is 4.55 Å². The molecular formula is C11H13BrClNOS. The monoisotopic (exact) mass is 321 g/mol. The molecule has 1 atom stereocenters. The van der Waals surface area contributed by atoms with Crippen molar-refractivity contribution in [2.75, 3.05) is 0 Å². The van der Waals surface area contributed by atoms with Crippen LogP contribution in [0.25, 0.3) is 0 Å². The van der Waals surface area contributed by atoms with Crippen LogP contribution in [-0.4, -0.2) is 15.5 Å². The van der Waals surface area contributed by atoms with Gasteiger partial charge in [0.05, 0.1) is 11.2 Å². The molecule has 0 aliphatic rings. The van der Waals surface area contributed by atoms with Crippen molar-refractivity contribution in [3.63, 3.8) is 0 Å². The predicted molar refractivity (Wildman–Crippen MR) is 74.6 cm³/mol. The van der Waals surface area contributed by atoms with Crippen LogP contribution in [0.15, 0.2) is 27.1 Å². The smallest absolute Gasteiger partial charge is 0.144 e. The van der Waals surface area contributed by atoms with Crippen LogP contribution >= 0.6 is 27.5 Å². The van der Waals surface area contributed by atoms with Crippen molar-refractivity contribution in [1.29, 1.82) is 0 Å². The Kier molecular flexibility index (Phi) is 4.86. The summed E-state index contributed by atoms with van der Waals surface area (Å²) in [5.74, 6) is 0. The predicted octanol–water partition coefficient (Wildman–Crippen LogP) is 3.98. The Morgan fingerprint density at radius 1 is 1.44 bits per heavy atom. The van der Waals surface area contributed by atoms with Crippen molar-refractivity contribution in [2.45, 2.75) is 25.5 Å². The van der Waals surface area contributed by atoms with Gasteiger partial charge in [-0.25, -0.2) is 0 Å². The zero-order valence-corrected chi connectivity index (χ0v) is 12.5. The van der Waals surface area contributed by atoms with E-state index in [0.29, 0.717) is 5.02 Å². The van der Waals surface area contributed by atoms with Crippen molar-refractivity contribution in [3.05, 3.63) is 33.3 Å². The summed E-state index contributed by atoms with van der Waals surface area (Å²) in [6, 6.07) is 5.48. The van der Waals surface area contributed by atoms with E-state index in [1.165, 1.54) is 0 Å². The molecule has 0 radical (unpaired) electrons. The molecule has 5 heteroatoms. The fraction of sp³-hybridized carbons (Fsp3) is 0.364. The lowest BCUT2D eigenvalue weighted by Gasteiger charge is -2.17. The second kappa shape index (κ2) is 5.54. The molecule has 88 valence electrons. The van der Waals surface area contributed by atoms with E-state index < -0.39 is 11.4 Å². The zero-order chi connectivity index (χ0) is 12.3. The van der Waals surface area contributed by atoms with Crippen LogP contribution in [-0.2, 0) is 11.4 Å². The lowest BCUT2D eigenvalue weighted by Crippen LogP contribution is -2.25. The first-order chi connectivity index (χ1) is 7.32. The molecule has 1 unspecified atom stereocenters. The maximum Gasteiger partial charge on any atom is 0.144 e. The molecule has 1 aromatic carbocycles. The summed E-state index contributed by atoms with van der Waals surface area (Å²) in [7, 11) is 0. The van der Waals surface area contributed by atoms with Crippen LogP contribution in [0.2, 0.25) is 5.02 Å². The summed E-state index contributed by atoms with van der Waals surface area (Å²) in [4.78, 5) is 0. The molecule has 16 heavy (non-hydrogen) atoms. The van der Waals surface area contributed by atoms with Gasteiger partial charge in [-0.1, -0.05) is 38.0 Å². The normalized spacial score (nSPS) is 14.4. The van der Waals surface area contributed by atoms with E-state index in [1.807, 2.05) is 32.9 Å². The molecule has 0 saturated carbocycles. The molecule has 0 amide bonds. The van der Waals surface area contributed by atoms with Crippen molar-refractivity contribution in [1.82, 2.24) is 0 Å². The molecule has 0 heterocycles. The van der Waals surface area contributed by atoms with Gasteiger partial charge >= 0.3 is 0 Å². The minimum Gasteiger partial charge on any atom is -0.591 e. The van der Waals surface area contributed by atoms with Crippen LogP contribution in [0.3, 0.4) is 0 Å². The van der Waals surface area contributed by atoms with Crippen LogP contribution < -0.4 is 0 Å². The number of hydrogen-bond donors (Lipinski definition) is 0. The van der Waals surface area contributed by atoms with Gasteiger partial charge in [-0.2, -0.15) is 0 Å². The Morgan fingerprint density at radius 2 is 2.06 bits per heavy atom. The molecule has 0 N–H and O–H groups in total. The van der Waals surface area contributed by atoms with Gasteiger partial charge in [0, 0.05) is 10.0 Å². The molecule has 0 aliphatic carbocycles. The third-order valence-electron chi connectivity index (χ3n) is 1.80. The largest absolute Gasteiger partial charge is 0.591 e. The number of rotatable bonds is 2. The Balaban J connectivity index is 2.93. The summed E-state index contributed by atoms with van der Waals surface area (Å²) in [5, 5.41) is 0.587. The molecule has 0 saturated heterocycles. The first kappa shape index (κ1) is 14.0. The summed E-state index contributed by atoms with van der Waals surface area (Å²) in [6.45, 7) is 5.63. The Bertz CT molecular complexity index is 383. The highest BCUT2D eigenvalue weighted by molar-refractivity contribution is 9.10. The van der Waals surface area contributed by atoms with Gasteiger partial charge in [0.25, 0.3) is 0 Å². The van der Waals surface area contributed by atoms with Gasteiger partial charge in [0.1, 0.15) is 16.1 Å². The van der Waals surface area contributed by atoms with E-state index in [-0.39, 0.29) is 4.75 Å². The number of nitrogens with zero attached hydrogens (tertiary/aromatic N) is 1. The molecule has 0 aromatic heterocycles. The SMILES string of the molecule is CC(C)(C)[S+]([O-])/N=C/c1c(Cl)cccc1Br. The van der Waals surface area contributed by atoms with Crippen molar-refractivity contribution in [2.24, 2.45) is 4.40 Å². The summed E-state index contributed by atoms with van der Waals surface area (Å²) >= 11 is 8.12. The van der Waals surface area contributed by atoms with Gasteiger partial charge in [-0.15, -0.1) is 0 Å². The lowest BCUT2D eigenvalue weighted by atomic mass is 10.2. The van der Waals surface area contributed by atoms with Gasteiger partial charge < -0.3 is 4.55 Å². The summed E-state index contributed by atoms with van der Waals surface area (Å²) in [5.41, 5.74) is 0.752. The molecule has 1 aromatic rings. The zero-order valence-electron chi connectivity index (χ0n) is 9.33. The molecule has 0 bridgehead atoms. The van der Waals surface area contributed by atoms with Gasteiger partial charge in [-0.3, -0.25) is 0 Å². The average Bonchev–Trinajstić information content (AvgIpc) is 2.15. The third-order valence-corrected chi connectivity index (χ3v) is 4.17. The molecule has 1 rings (SSSR count). The lowest BCUT2D eigenvalue weighted by molar-refractivity contribution is 0.562. The first-order valence-corrected chi connectivity index (χ1v) is 7.00. The molecule has 0 fully saturated rings. The Hall–Kier alpha value is -0.0300. The summed E-state index contributed by atoms with van der Waals surface area (Å²) < 4.78 is 16.2. The highest BCUT2D eigenvalue weighted by Gasteiger charge is 2.25. The molecule has 2 nitrogen and oxygen atoms in total. The van der Waals surface area contributed by atoms with E-state index in [4.69, 9.17) is 11.6 Å². The van der Waals surface area contributed by atoms with Crippen molar-refractivity contribution >= 4 is 45.1 Å². The van der Waals surface area contributed by atoms with Crippen LogP contribution in [0.5, 0.6) is 0 Å². The quantitative estimate of drug-likeness (QED) is 0.599. The fourth-order valence-electron chi connectivity index (χ4n) is 0.893. The van der Waals surface area contributed by atoms with Crippen LogP contribution in [0.1, 0.15) is 26.3 Å². The highest BCUT2D eigenvalue weighted by Crippen LogP contribution is 2.24.